The molecule has 5 nitrogen and oxygen atoms in total. The van der Waals surface area contributed by atoms with E-state index in [0.717, 1.165) is 19.5 Å². The van der Waals surface area contributed by atoms with Gasteiger partial charge in [0.15, 0.2) is 5.78 Å². The van der Waals surface area contributed by atoms with Gasteiger partial charge in [-0.2, -0.15) is 0 Å². The maximum Gasteiger partial charge on any atom is 0.241 e. The van der Waals surface area contributed by atoms with Crippen LogP contribution in [0.3, 0.4) is 0 Å². The number of nitrogens with zero attached hydrogens (tertiary/aromatic N) is 1. The Labute approximate surface area is 131 Å². The highest BCUT2D eigenvalue weighted by atomic mass is 16.3. The molecule has 3 unspecified atom stereocenters. The Balaban J connectivity index is 1.97. The van der Waals surface area contributed by atoms with E-state index in [1.165, 1.54) is 6.92 Å². The molecule has 1 aliphatic rings. The van der Waals surface area contributed by atoms with E-state index in [9.17, 15) is 14.7 Å². The largest absolute Gasteiger partial charge is 0.393 e. The molecule has 1 aromatic carbocycles. The zero-order valence-corrected chi connectivity index (χ0v) is 13.4. The first-order chi connectivity index (χ1) is 10.4. The van der Waals surface area contributed by atoms with E-state index in [0.29, 0.717) is 11.3 Å². The Morgan fingerprint density at radius 2 is 2.09 bits per heavy atom. The molecule has 2 rings (SSSR count). The average Bonchev–Trinajstić information content (AvgIpc) is 2.96. The molecule has 1 heterocycles. The lowest BCUT2D eigenvalue weighted by molar-refractivity contribution is -0.120. The molecule has 1 amide bonds. The molecule has 0 aromatic heterocycles. The number of carbonyl (C=O) groups is 2. The Bertz CT molecular complexity index is 557. The van der Waals surface area contributed by atoms with Crippen LogP contribution in [0, 0.1) is 5.92 Å². The minimum Gasteiger partial charge on any atom is -0.393 e. The Kier molecular flexibility index (Phi) is 5.32. The number of benzene rings is 1. The van der Waals surface area contributed by atoms with E-state index in [1.807, 2.05) is 6.92 Å². The summed E-state index contributed by atoms with van der Waals surface area (Å²) < 4.78 is 0. The molecular formula is C17H24N2O3. The lowest BCUT2D eigenvalue weighted by Gasteiger charge is -2.24. The van der Waals surface area contributed by atoms with Gasteiger partial charge in [0, 0.05) is 17.8 Å². The maximum absolute atomic E-state index is 12.4. The molecule has 22 heavy (non-hydrogen) atoms. The van der Waals surface area contributed by atoms with Crippen molar-refractivity contribution in [1.82, 2.24) is 4.90 Å². The van der Waals surface area contributed by atoms with Crippen molar-refractivity contribution < 1.29 is 14.7 Å². The molecule has 0 bridgehead atoms. The lowest BCUT2D eigenvalue weighted by atomic mass is 10.0. The first-order valence-electron chi connectivity index (χ1n) is 7.72. The zero-order valence-electron chi connectivity index (χ0n) is 13.4. The topological polar surface area (TPSA) is 69.6 Å². The van der Waals surface area contributed by atoms with Crippen LogP contribution in [0.1, 0.15) is 37.6 Å². The van der Waals surface area contributed by atoms with Crippen LogP contribution in [0.2, 0.25) is 0 Å². The van der Waals surface area contributed by atoms with E-state index >= 15 is 0 Å². The number of aliphatic hydroxyl groups excluding tert-OH is 1. The van der Waals surface area contributed by atoms with E-state index < -0.39 is 0 Å². The second kappa shape index (κ2) is 7.03. The number of hydrogen-bond acceptors (Lipinski definition) is 4. The first kappa shape index (κ1) is 16.6. The monoisotopic (exact) mass is 304 g/mol. The van der Waals surface area contributed by atoms with Crippen LogP contribution < -0.4 is 5.32 Å². The highest BCUT2D eigenvalue weighted by Crippen LogP contribution is 2.22. The number of amides is 1. The van der Waals surface area contributed by atoms with Crippen molar-refractivity contribution in [3.05, 3.63) is 29.8 Å². The van der Waals surface area contributed by atoms with Gasteiger partial charge in [-0.1, -0.05) is 12.1 Å². The van der Waals surface area contributed by atoms with E-state index in [1.54, 1.807) is 31.2 Å². The number of anilines is 1. The second-order valence-corrected chi connectivity index (χ2v) is 6.09. The third kappa shape index (κ3) is 3.93. The molecule has 1 saturated heterocycles. The first-order valence-corrected chi connectivity index (χ1v) is 7.72. The minimum absolute atomic E-state index is 0.0246. The van der Waals surface area contributed by atoms with E-state index in [4.69, 9.17) is 0 Å². The molecule has 2 N–H and O–H groups in total. The summed E-state index contributed by atoms with van der Waals surface area (Å²) in [6, 6.07) is 6.70. The molecular weight excluding hydrogens is 280 g/mol. The number of hydrogen-bond donors (Lipinski definition) is 2. The normalized spacial score (nSPS) is 21.4. The number of nitrogens with one attached hydrogen (secondary N) is 1. The zero-order chi connectivity index (χ0) is 16.3. The summed E-state index contributed by atoms with van der Waals surface area (Å²) in [4.78, 5) is 25.8. The molecule has 1 aromatic rings. The standard InChI is InChI=1S/C17H24N2O3/c1-11(19-8-7-15(10-19)13(3)21)17(22)18-16-6-4-5-14(9-16)12(2)20/h4-6,9,11,13,15,21H,7-8,10H2,1-3H3,(H,18,22). The van der Waals surface area contributed by atoms with Gasteiger partial charge >= 0.3 is 0 Å². The van der Waals surface area contributed by atoms with Gasteiger partial charge in [-0.25, -0.2) is 0 Å². The fourth-order valence-electron chi connectivity index (χ4n) is 2.79. The molecule has 0 saturated carbocycles. The lowest BCUT2D eigenvalue weighted by Crippen LogP contribution is -2.41. The van der Waals surface area contributed by atoms with Crippen LogP contribution in [-0.4, -0.2) is 46.9 Å². The smallest absolute Gasteiger partial charge is 0.241 e. The summed E-state index contributed by atoms with van der Waals surface area (Å²) >= 11 is 0. The maximum atomic E-state index is 12.4. The van der Waals surface area contributed by atoms with Gasteiger partial charge in [-0.15, -0.1) is 0 Å². The number of likely N-dealkylation sites (tertiary alicyclic amines) is 1. The number of carbonyl (C=O) groups excluding carboxylic acids is 2. The van der Waals surface area contributed by atoms with Gasteiger partial charge in [-0.3, -0.25) is 14.5 Å². The summed E-state index contributed by atoms with van der Waals surface area (Å²) in [5.41, 5.74) is 1.22. The highest BCUT2D eigenvalue weighted by molar-refractivity contribution is 5.98. The average molecular weight is 304 g/mol. The van der Waals surface area contributed by atoms with Crippen molar-refractivity contribution in [3.63, 3.8) is 0 Å². The van der Waals surface area contributed by atoms with E-state index in [-0.39, 0.29) is 29.8 Å². The van der Waals surface area contributed by atoms with Crippen LogP contribution in [0.4, 0.5) is 5.69 Å². The van der Waals surface area contributed by atoms with Gasteiger partial charge in [0.1, 0.15) is 0 Å². The highest BCUT2D eigenvalue weighted by Gasteiger charge is 2.31. The van der Waals surface area contributed by atoms with Crippen molar-refractivity contribution >= 4 is 17.4 Å². The van der Waals surface area contributed by atoms with Crippen LogP contribution in [-0.2, 0) is 4.79 Å². The van der Waals surface area contributed by atoms with Crippen molar-refractivity contribution in [2.75, 3.05) is 18.4 Å². The molecule has 0 spiro atoms. The van der Waals surface area contributed by atoms with Crippen LogP contribution in [0.15, 0.2) is 24.3 Å². The van der Waals surface area contributed by atoms with Crippen molar-refractivity contribution in [3.8, 4) is 0 Å². The molecule has 0 aliphatic carbocycles. The number of rotatable bonds is 5. The van der Waals surface area contributed by atoms with Gasteiger partial charge in [0.2, 0.25) is 5.91 Å². The fraction of sp³-hybridized carbons (Fsp3) is 0.529. The molecule has 3 atom stereocenters. The van der Waals surface area contributed by atoms with Crippen LogP contribution in [0.5, 0.6) is 0 Å². The predicted molar refractivity (Wildman–Crippen MR) is 85.9 cm³/mol. The molecule has 1 fully saturated rings. The van der Waals surface area contributed by atoms with Crippen molar-refractivity contribution in [1.29, 1.82) is 0 Å². The third-order valence-corrected chi connectivity index (χ3v) is 4.40. The van der Waals surface area contributed by atoms with Crippen molar-refractivity contribution in [2.45, 2.75) is 39.3 Å². The Morgan fingerprint density at radius 1 is 1.36 bits per heavy atom. The van der Waals surface area contributed by atoms with Gasteiger partial charge in [-0.05, 0) is 51.8 Å². The SMILES string of the molecule is CC(=O)c1cccc(NC(=O)C(C)N2CCC(C(C)O)C2)c1. The third-order valence-electron chi connectivity index (χ3n) is 4.40. The summed E-state index contributed by atoms with van der Waals surface area (Å²) in [6.45, 7) is 6.72. The Hall–Kier alpha value is -1.72. The molecule has 0 radical (unpaired) electrons. The second-order valence-electron chi connectivity index (χ2n) is 6.09. The van der Waals surface area contributed by atoms with Crippen LogP contribution >= 0.6 is 0 Å². The molecule has 5 heteroatoms. The van der Waals surface area contributed by atoms with E-state index in [2.05, 4.69) is 10.2 Å². The predicted octanol–water partition coefficient (Wildman–Crippen LogP) is 1.92. The molecule has 1 aliphatic heterocycles. The van der Waals surface area contributed by atoms with Gasteiger partial charge in [0.05, 0.1) is 12.1 Å². The van der Waals surface area contributed by atoms with Crippen molar-refractivity contribution in [2.24, 2.45) is 5.92 Å². The van der Waals surface area contributed by atoms with Crippen LogP contribution in [0.25, 0.3) is 0 Å². The summed E-state index contributed by atoms with van der Waals surface area (Å²) in [7, 11) is 0. The van der Waals surface area contributed by atoms with Gasteiger partial charge in [0.25, 0.3) is 0 Å². The molecule has 120 valence electrons. The summed E-state index contributed by atoms with van der Waals surface area (Å²) in [5.74, 6) is 0.117. The Morgan fingerprint density at radius 3 is 2.68 bits per heavy atom. The minimum atomic E-state index is -0.340. The number of ketones is 1. The number of Topliss-reactive ketones (excluding diaryl/α,β-unsaturated/α-hetero) is 1. The summed E-state index contributed by atoms with van der Waals surface area (Å²) in [6.07, 6.45) is 0.572. The summed E-state index contributed by atoms with van der Waals surface area (Å²) in [5, 5.41) is 12.5. The van der Waals surface area contributed by atoms with Gasteiger partial charge < -0.3 is 10.4 Å². The number of aliphatic hydroxyl groups is 1. The fourth-order valence-corrected chi connectivity index (χ4v) is 2.79. The quantitative estimate of drug-likeness (QED) is 0.815.